The smallest absolute Gasteiger partial charge is 0.353 e. The van der Waals surface area contributed by atoms with Gasteiger partial charge in [0.15, 0.2) is 0 Å². The average molecular weight is 336 g/mol. The number of nitrogens with zero attached hydrogens (tertiary/aromatic N) is 3. The Bertz CT molecular complexity index is 605. The average Bonchev–Trinajstić information content (AvgIpc) is 2.35. The maximum atomic E-state index is 11.7. The molecule has 126 valence electrons. The van der Waals surface area contributed by atoms with E-state index in [1.54, 1.807) is 13.8 Å². The molecular formula is C11H21N4O6P. The fourth-order valence-corrected chi connectivity index (χ4v) is 2.76. The fourth-order valence-electron chi connectivity index (χ4n) is 1.65. The van der Waals surface area contributed by atoms with Gasteiger partial charge in [0.2, 0.25) is 5.95 Å². The summed E-state index contributed by atoms with van der Waals surface area (Å²) in [6.07, 6.45) is -1.99. The van der Waals surface area contributed by atoms with Gasteiger partial charge in [-0.25, -0.2) is 4.79 Å². The van der Waals surface area contributed by atoms with E-state index in [-0.39, 0.29) is 18.3 Å². The van der Waals surface area contributed by atoms with Gasteiger partial charge < -0.3 is 25.0 Å². The van der Waals surface area contributed by atoms with Gasteiger partial charge in [-0.3, -0.25) is 9.13 Å². The lowest BCUT2D eigenvalue weighted by molar-refractivity contribution is 0.0154. The number of hydrogen-bond acceptors (Lipinski definition) is 8. The number of aliphatic hydroxyl groups is 1. The normalized spacial score (nSPS) is 15.7. The predicted molar refractivity (Wildman–Crippen MR) is 78.3 cm³/mol. The number of ether oxygens (including phenoxy) is 1. The summed E-state index contributed by atoms with van der Waals surface area (Å²) in [5.41, 5.74) is 4.98. The van der Waals surface area contributed by atoms with Crippen LogP contribution in [0.1, 0.15) is 19.7 Å². The molecule has 1 rings (SSSR count). The van der Waals surface area contributed by atoms with E-state index in [1.165, 1.54) is 6.92 Å². The molecule has 10 nitrogen and oxygen atoms in total. The van der Waals surface area contributed by atoms with Gasteiger partial charge in [-0.2, -0.15) is 9.97 Å². The number of nitrogen functional groups attached to an aromatic ring is 1. The van der Waals surface area contributed by atoms with Crippen molar-refractivity contribution in [1.82, 2.24) is 14.5 Å². The molecule has 4 N–H and O–H groups in total. The number of nitrogens with two attached hydrogens (primary N) is 1. The minimum absolute atomic E-state index is 0.0786. The van der Waals surface area contributed by atoms with Crippen LogP contribution >= 0.6 is 7.60 Å². The van der Waals surface area contributed by atoms with Crippen molar-refractivity contribution < 1.29 is 23.8 Å². The second-order valence-corrected chi connectivity index (χ2v) is 6.66. The first-order valence-corrected chi connectivity index (χ1v) is 8.34. The van der Waals surface area contributed by atoms with Gasteiger partial charge in [-0.15, -0.1) is 0 Å². The molecule has 1 heterocycles. The molecule has 0 saturated heterocycles. The van der Waals surface area contributed by atoms with E-state index in [0.717, 1.165) is 4.57 Å². The Labute approximate surface area is 127 Å². The van der Waals surface area contributed by atoms with Gasteiger partial charge in [-0.05, 0) is 20.8 Å². The monoisotopic (exact) mass is 336 g/mol. The zero-order chi connectivity index (χ0) is 16.9. The molecule has 22 heavy (non-hydrogen) atoms. The maximum Gasteiger partial charge on any atom is 0.353 e. The second-order valence-electron chi connectivity index (χ2n) is 4.91. The van der Waals surface area contributed by atoms with E-state index in [0.29, 0.717) is 0 Å². The first-order chi connectivity index (χ1) is 10.1. The van der Waals surface area contributed by atoms with E-state index in [9.17, 15) is 19.4 Å². The first kappa shape index (κ1) is 18.7. The summed E-state index contributed by atoms with van der Waals surface area (Å²) < 4.78 is 22.7. The Morgan fingerprint density at radius 1 is 1.41 bits per heavy atom. The van der Waals surface area contributed by atoms with Gasteiger partial charge in [0.1, 0.15) is 12.2 Å². The Morgan fingerprint density at radius 2 is 2.05 bits per heavy atom. The minimum Gasteiger partial charge on any atom is -0.394 e. The van der Waals surface area contributed by atoms with Gasteiger partial charge in [-0.1, -0.05) is 0 Å². The maximum absolute atomic E-state index is 11.7. The summed E-state index contributed by atoms with van der Waals surface area (Å²) in [5, 5.41) is 9.27. The molecule has 0 aromatic carbocycles. The Morgan fingerprint density at radius 3 is 2.55 bits per heavy atom. The summed E-state index contributed by atoms with van der Waals surface area (Å²) in [6.45, 7) is 4.10. The topological polar surface area (TPSA) is 150 Å². The molecule has 0 aliphatic rings. The third kappa shape index (κ3) is 5.82. The number of hydrogen-bond donors (Lipinski definition) is 3. The van der Waals surface area contributed by atoms with E-state index in [2.05, 4.69) is 9.97 Å². The number of anilines is 1. The quantitative estimate of drug-likeness (QED) is 0.532. The number of aromatic nitrogens is 3. The molecule has 0 amide bonds. The first-order valence-electron chi connectivity index (χ1n) is 6.58. The third-order valence-electron chi connectivity index (χ3n) is 2.48. The van der Waals surface area contributed by atoms with Crippen molar-refractivity contribution in [2.75, 3.05) is 18.7 Å². The Balaban J connectivity index is 2.75. The molecule has 0 radical (unpaired) electrons. The van der Waals surface area contributed by atoms with Crippen molar-refractivity contribution in [2.24, 2.45) is 0 Å². The van der Waals surface area contributed by atoms with Crippen LogP contribution < -0.4 is 11.4 Å². The fraction of sp³-hybridized carbons (Fsp3) is 0.727. The lowest BCUT2D eigenvalue weighted by Gasteiger charge is -2.20. The Hall–Kier alpha value is -1.32. The summed E-state index contributed by atoms with van der Waals surface area (Å²) in [4.78, 5) is 28.7. The van der Waals surface area contributed by atoms with E-state index in [4.69, 9.17) is 15.0 Å². The summed E-state index contributed by atoms with van der Waals surface area (Å²) in [7, 11) is -3.94. The molecule has 0 aliphatic heterocycles. The van der Waals surface area contributed by atoms with Crippen molar-refractivity contribution in [3.8, 4) is 0 Å². The Kier molecular flexibility index (Phi) is 6.64. The van der Waals surface area contributed by atoms with E-state index in [1.807, 2.05) is 0 Å². The number of aryl methyl sites for hydroxylation is 1. The van der Waals surface area contributed by atoms with Gasteiger partial charge >= 0.3 is 13.3 Å². The predicted octanol–water partition coefficient (Wildman–Crippen LogP) is -0.526. The van der Waals surface area contributed by atoms with Crippen LogP contribution in [0.15, 0.2) is 4.79 Å². The standard InChI is InChI=1S/C11H21N4O6P/c1-7(2)21-22(18,19)6-20-9(5-16)4-15-10(12)13-8(3)14-11(15)17/h7,9,16H,4-6H2,1-3H3,(H,18,19)(H2,12,13,14,17)/t9-/m0/s1. The third-order valence-corrected chi connectivity index (χ3v) is 3.71. The molecule has 0 spiro atoms. The molecule has 1 aromatic rings. The molecule has 1 unspecified atom stereocenters. The highest BCUT2D eigenvalue weighted by atomic mass is 31.2. The van der Waals surface area contributed by atoms with Crippen LogP contribution in [0.25, 0.3) is 0 Å². The van der Waals surface area contributed by atoms with Crippen molar-refractivity contribution >= 4 is 13.5 Å². The minimum atomic E-state index is -3.94. The summed E-state index contributed by atoms with van der Waals surface area (Å²) in [6, 6.07) is 0. The zero-order valence-electron chi connectivity index (χ0n) is 12.7. The van der Waals surface area contributed by atoms with E-state index < -0.39 is 38.4 Å². The lowest BCUT2D eigenvalue weighted by Crippen LogP contribution is -2.34. The highest BCUT2D eigenvalue weighted by Crippen LogP contribution is 2.43. The van der Waals surface area contributed by atoms with Crippen LogP contribution in [0.5, 0.6) is 0 Å². The SMILES string of the molecule is Cc1nc(N)n(C[C@@H](CO)OCP(=O)(O)OC(C)C)c(=O)n1. The van der Waals surface area contributed by atoms with Crippen LogP contribution in [-0.4, -0.2) is 49.7 Å². The van der Waals surface area contributed by atoms with Crippen LogP contribution in [0.3, 0.4) is 0 Å². The van der Waals surface area contributed by atoms with E-state index >= 15 is 0 Å². The van der Waals surface area contributed by atoms with Crippen LogP contribution in [0.4, 0.5) is 5.95 Å². The summed E-state index contributed by atoms with van der Waals surface area (Å²) >= 11 is 0. The molecule has 2 atom stereocenters. The van der Waals surface area contributed by atoms with Gasteiger partial charge in [0, 0.05) is 0 Å². The van der Waals surface area contributed by atoms with Crippen molar-refractivity contribution in [2.45, 2.75) is 39.5 Å². The van der Waals surface area contributed by atoms with Gasteiger partial charge in [0.25, 0.3) is 0 Å². The highest BCUT2D eigenvalue weighted by molar-refractivity contribution is 7.52. The van der Waals surface area contributed by atoms with Crippen molar-refractivity contribution in [3.63, 3.8) is 0 Å². The van der Waals surface area contributed by atoms with Crippen molar-refractivity contribution in [1.29, 1.82) is 0 Å². The number of rotatable bonds is 8. The zero-order valence-corrected chi connectivity index (χ0v) is 13.6. The number of aliphatic hydroxyl groups excluding tert-OH is 1. The van der Waals surface area contributed by atoms with Crippen LogP contribution in [0, 0.1) is 6.92 Å². The molecule has 0 aliphatic carbocycles. The second kappa shape index (κ2) is 7.80. The van der Waals surface area contributed by atoms with Gasteiger partial charge in [0.05, 0.1) is 25.4 Å². The van der Waals surface area contributed by atoms with Crippen LogP contribution in [0.2, 0.25) is 0 Å². The lowest BCUT2D eigenvalue weighted by atomic mass is 10.4. The molecule has 11 heteroatoms. The molecule has 0 saturated carbocycles. The van der Waals surface area contributed by atoms with Crippen molar-refractivity contribution in [3.05, 3.63) is 16.3 Å². The summed E-state index contributed by atoms with van der Waals surface area (Å²) in [5.74, 6) is 0.149. The molecule has 1 aromatic heterocycles. The molecule has 0 fully saturated rings. The largest absolute Gasteiger partial charge is 0.394 e. The van der Waals surface area contributed by atoms with Crippen LogP contribution in [-0.2, 0) is 20.4 Å². The molecule has 0 bridgehead atoms. The molecular weight excluding hydrogens is 315 g/mol. The highest BCUT2D eigenvalue weighted by Gasteiger charge is 2.24.